The molecule has 0 radical (unpaired) electrons. The summed E-state index contributed by atoms with van der Waals surface area (Å²) in [7, 11) is 2.75. The average molecular weight is 249 g/mol. The Balaban J connectivity index is 2.85. The lowest BCUT2D eigenvalue weighted by Gasteiger charge is -2.17. The van der Waals surface area contributed by atoms with Crippen molar-refractivity contribution in [2.75, 3.05) is 19.1 Å². The van der Waals surface area contributed by atoms with Gasteiger partial charge in [-0.1, -0.05) is 26.0 Å². The van der Waals surface area contributed by atoms with Gasteiger partial charge in [0.15, 0.2) is 0 Å². The number of ether oxygens (including phenoxy) is 1. The second-order valence-corrected chi connectivity index (χ2v) is 4.26. The van der Waals surface area contributed by atoms with Crippen molar-refractivity contribution in [2.24, 2.45) is 0 Å². The Morgan fingerprint density at radius 3 is 2.28 bits per heavy atom. The van der Waals surface area contributed by atoms with E-state index >= 15 is 0 Å². The maximum atomic E-state index is 11.6. The smallest absolute Gasteiger partial charge is 0.397 e. The number of hydrogen-bond acceptors (Lipinski definition) is 3. The molecule has 0 aliphatic rings. The minimum Gasteiger partial charge on any atom is -0.462 e. The van der Waals surface area contributed by atoms with Crippen LogP contribution in [0, 0.1) is 0 Å². The quantitative estimate of drug-likeness (QED) is 0.610. The number of nitrogens with zero attached hydrogens (tertiary/aromatic N) is 1. The number of carbonyl (C=O) groups is 2. The number of hydrogen-bond donors (Lipinski definition) is 0. The first kappa shape index (κ1) is 14.2. The van der Waals surface area contributed by atoms with Crippen molar-refractivity contribution in [2.45, 2.75) is 26.2 Å². The molecule has 1 unspecified atom stereocenters. The molecule has 0 aromatic heterocycles. The van der Waals surface area contributed by atoms with Crippen molar-refractivity contribution in [3.63, 3.8) is 0 Å². The lowest BCUT2D eigenvalue weighted by molar-refractivity contribution is -0.151. The van der Waals surface area contributed by atoms with E-state index in [9.17, 15) is 9.59 Å². The second kappa shape index (κ2) is 6.19. The third-order valence-electron chi connectivity index (χ3n) is 3.13. The van der Waals surface area contributed by atoms with Crippen LogP contribution in [0.5, 0.6) is 0 Å². The van der Waals surface area contributed by atoms with Crippen LogP contribution in [-0.2, 0) is 14.3 Å². The molecule has 0 aliphatic carbocycles. The summed E-state index contributed by atoms with van der Waals surface area (Å²) >= 11 is 0. The summed E-state index contributed by atoms with van der Waals surface area (Å²) in [5, 5.41) is 0. The average Bonchev–Trinajstić information content (AvgIpc) is 2.44. The maximum absolute atomic E-state index is 11.6. The highest BCUT2D eigenvalue weighted by molar-refractivity contribution is 6.37. The standard InChI is InChI=1S/C14H19NO3/c1-5-10(2)11-6-8-12(9-7-11)15(3)13(16)14(17)18-4/h6-10H,5H2,1-4H3. The van der Waals surface area contributed by atoms with Gasteiger partial charge in [-0.05, 0) is 30.0 Å². The molecule has 4 nitrogen and oxygen atoms in total. The monoisotopic (exact) mass is 249 g/mol. The lowest BCUT2D eigenvalue weighted by atomic mass is 9.98. The largest absolute Gasteiger partial charge is 0.462 e. The molecule has 1 amide bonds. The van der Waals surface area contributed by atoms with E-state index in [0.717, 1.165) is 6.42 Å². The number of anilines is 1. The summed E-state index contributed by atoms with van der Waals surface area (Å²) in [5.41, 5.74) is 1.90. The van der Waals surface area contributed by atoms with E-state index in [2.05, 4.69) is 18.6 Å². The number of benzene rings is 1. The summed E-state index contributed by atoms with van der Waals surface area (Å²) in [5.74, 6) is -1.04. The topological polar surface area (TPSA) is 46.6 Å². The molecule has 0 N–H and O–H groups in total. The van der Waals surface area contributed by atoms with Gasteiger partial charge in [-0.3, -0.25) is 4.79 Å². The zero-order valence-electron chi connectivity index (χ0n) is 11.3. The lowest BCUT2D eigenvalue weighted by Crippen LogP contribution is -2.33. The number of methoxy groups -OCH3 is 1. The van der Waals surface area contributed by atoms with Crippen LogP contribution >= 0.6 is 0 Å². The molecule has 0 saturated carbocycles. The van der Waals surface area contributed by atoms with E-state index < -0.39 is 11.9 Å². The Hall–Kier alpha value is -1.84. The summed E-state index contributed by atoms with van der Waals surface area (Å²) in [6, 6.07) is 7.62. The molecular formula is C14H19NO3. The van der Waals surface area contributed by atoms with Crippen molar-refractivity contribution in [1.29, 1.82) is 0 Å². The second-order valence-electron chi connectivity index (χ2n) is 4.26. The molecule has 0 bridgehead atoms. The van der Waals surface area contributed by atoms with Crippen LogP contribution in [0.2, 0.25) is 0 Å². The normalized spacial score (nSPS) is 11.8. The van der Waals surface area contributed by atoms with Crippen molar-refractivity contribution < 1.29 is 14.3 Å². The summed E-state index contributed by atoms with van der Waals surface area (Å²) in [4.78, 5) is 24.0. The van der Waals surface area contributed by atoms with Crippen LogP contribution in [0.4, 0.5) is 5.69 Å². The number of likely N-dealkylation sites (N-methyl/N-ethyl adjacent to an activating group) is 1. The van der Waals surface area contributed by atoms with E-state index in [0.29, 0.717) is 11.6 Å². The zero-order chi connectivity index (χ0) is 13.7. The van der Waals surface area contributed by atoms with Crippen LogP contribution in [0.3, 0.4) is 0 Å². The van der Waals surface area contributed by atoms with Crippen LogP contribution in [0.15, 0.2) is 24.3 Å². The van der Waals surface area contributed by atoms with E-state index in [1.807, 2.05) is 24.3 Å². The van der Waals surface area contributed by atoms with Gasteiger partial charge in [0, 0.05) is 12.7 Å². The zero-order valence-corrected chi connectivity index (χ0v) is 11.3. The molecule has 1 aromatic carbocycles. The van der Waals surface area contributed by atoms with Gasteiger partial charge in [-0.2, -0.15) is 0 Å². The molecule has 0 aliphatic heterocycles. The van der Waals surface area contributed by atoms with Gasteiger partial charge in [-0.25, -0.2) is 4.79 Å². The number of rotatable bonds is 3. The minimum absolute atomic E-state index is 0.487. The van der Waals surface area contributed by atoms with Crippen molar-refractivity contribution in [3.05, 3.63) is 29.8 Å². The predicted octanol–water partition coefficient (Wildman–Crippen LogP) is 2.34. The van der Waals surface area contributed by atoms with Gasteiger partial charge in [0.25, 0.3) is 0 Å². The Labute approximate surface area is 108 Å². The number of amides is 1. The van der Waals surface area contributed by atoms with E-state index in [1.54, 1.807) is 7.05 Å². The molecule has 1 atom stereocenters. The van der Waals surface area contributed by atoms with Crippen LogP contribution < -0.4 is 4.90 Å². The van der Waals surface area contributed by atoms with Gasteiger partial charge in [0.2, 0.25) is 0 Å². The van der Waals surface area contributed by atoms with Crippen LogP contribution in [0.25, 0.3) is 0 Å². The number of esters is 1. The fourth-order valence-electron chi connectivity index (χ4n) is 1.60. The molecule has 0 spiro atoms. The molecule has 1 aromatic rings. The molecule has 0 fully saturated rings. The van der Waals surface area contributed by atoms with Crippen molar-refractivity contribution >= 4 is 17.6 Å². The highest BCUT2D eigenvalue weighted by Gasteiger charge is 2.20. The van der Waals surface area contributed by atoms with E-state index in [4.69, 9.17) is 0 Å². The van der Waals surface area contributed by atoms with Gasteiger partial charge in [0.1, 0.15) is 0 Å². The van der Waals surface area contributed by atoms with Gasteiger partial charge >= 0.3 is 11.9 Å². The SMILES string of the molecule is CCC(C)c1ccc(N(C)C(=O)C(=O)OC)cc1. The summed E-state index contributed by atoms with van der Waals surface area (Å²) in [6.45, 7) is 4.28. The Kier molecular flexibility index (Phi) is 4.89. The summed E-state index contributed by atoms with van der Waals surface area (Å²) in [6.07, 6.45) is 1.07. The minimum atomic E-state index is -0.858. The van der Waals surface area contributed by atoms with Gasteiger partial charge < -0.3 is 9.64 Å². The molecular weight excluding hydrogens is 230 g/mol. The summed E-state index contributed by atoms with van der Waals surface area (Å²) < 4.78 is 4.40. The highest BCUT2D eigenvalue weighted by Crippen LogP contribution is 2.22. The first-order chi connectivity index (χ1) is 8.51. The Morgan fingerprint density at radius 1 is 1.28 bits per heavy atom. The van der Waals surface area contributed by atoms with Crippen molar-refractivity contribution in [3.8, 4) is 0 Å². The first-order valence-electron chi connectivity index (χ1n) is 5.97. The van der Waals surface area contributed by atoms with E-state index in [-0.39, 0.29) is 0 Å². The Morgan fingerprint density at radius 2 is 1.83 bits per heavy atom. The molecule has 4 heteroatoms. The van der Waals surface area contributed by atoms with Crippen molar-refractivity contribution in [1.82, 2.24) is 0 Å². The molecule has 0 heterocycles. The van der Waals surface area contributed by atoms with Gasteiger partial charge in [-0.15, -0.1) is 0 Å². The number of carbonyl (C=O) groups excluding carboxylic acids is 2. The Bertz CT molecular complexity index is 425. The third-order valence-corrected chi connectivity index (χ3v) is 3.13. The van der Waals surface area contributed by atoms with Crippen LogP contribution in [-0.4, -0.2) is 26.0 Å². The molecule has 98 valence electrons. The first-order valence-corrected chi connectivity index (χ1v) is 5.97. The molecule has 1 rings (SSSR count). The molecule has 0 saturated heterocycles. The van der Waals surface area contributed by atoms with Gasteiger partial charge in [0.05, 0.1) is 7.11 Å². The predicted molar refractivity (Wildman–Crippen MR) is 70.6 cm³/mol. The molecule has 18 heavy (non-hydrogen) atoms. The highest BCUT2D eigenvalue weighted by atomic mass is 16.5. The maximum Gasteiger partial charge on any atom is 0.397 e. The fourth-order valence-corrected chi connectivity index (χ4v) is 1.60. The fraction of sp³-hybridized carbons (Fsp3) is 0.429. The van der Waals surface area contributed by atoms with E-state index in [1.165, 1.54) is 17.6 Å². The van der Waals surface area contributed by atoms with Crippen LogP contribution in [0.1, 0.15) is 31.7 Å². The third kappa shape index (κ3) is 3.09.